The van der Waals surface area contributed by atoms with Gasteiger partial charge in [0.1, 0.15) is 5.75 Å². The smallest absolute Gasteiger partial charge is 0.339 e. The van der Waals surface area contributed by atoms with Gasteiger partial charge in [-0.1, -0.05) is 24.3 Å². The third kappa shape index (κ3) is 5.32. The van der Waals surface area contributed by atoms with Crippen molar-refractivity contribution in [3.63, 3.8) is 0 Å². The fraction of sp³-hybridized carbons (Fsp3) is 0.263. The van der Waals surface area contributed by atoms with Crippen LogP contribution in [0.4, 0.5) is 5.69 Å². The number of ether oxygens (including phenoxy) is 2. The van der Waals surface area contributed by atoms with Crippen molar-refractivity contribution in [1.82, 2.24) is 4.90 Å². The monoisotopic (exact) mass is 342 g/mol. The van der Waals surface area contributed by atoms with E-state index in [0.29, 0.717) is 17.8 Å². The van der Waals surface area contributed by atoms with Crippen LogP contribution >= 0.6 is 0 Å². The van der Waals surface area contributed by atoms with Crippen LogP contribution in [-0.4, -0.2) is 44.6 Å². The van der Waals surface area contributed by atoms with Crippen molar-refractivity contribution >= 4 is 17.6 Å². The summed E-state index contributed by atoms with van der Waals surface area (Å²) in [7, 11) is 4.78. The molecule has 0 unspecified atom stereocenters. The lowest BCUT2D eigenvalue weighted by Crippen LogP contribution is -2.30. The fourth-order valence-electron chi connectivity index (χ4n) is 2.45. The molecule has 0 radical (unpaired) electrons. The Balaban J connectivity index is 1.97. The number of esters is 1. The molecule has 0 aromatic heterocycles. The van der Waals surface area contributed by atoms with E-state index in [1.54, 1.807) is 31.4 Å². The molecule has 0 bridgehead atoms. The predicted octanol–water partition coefficient (Wildman–Crippen LogP) is 2.55. The topological polar surface area (TPSA) is 67.9 Å². The van der Waals surface area contributed by atoms with E-state index in [9.17, 15) is 9.59 Å². The molecule has 0 aliphatic heterocycles. The highest BCUT2D eigenvalue weighted by Crippen LogP contribution is 2.16. The van der Waals surface area contributed by atoms with Gasteiger partial charge in [0.2, 0.25) is 5.91 Å². The molecule has 25 heavy (non-hydrogen) atoms. The first-order valence-corrected chi connectivity index (χ1v) is 7.82. The van der Waals surface area contributed by atoms with Crippen LogP contribution in [0, 0.1) is 0 Å². The molecule has 2 aromatic carbocycles. The van der Waals surface area contributed by atoms with Crippen LogP contribution in [0.15, 0.2) is 48.5 Å². The SMILES string of the molecule is COC(=O)c1ccccc1NC(=O)CN(C)Cc1cccc(OC)c1. The number of benzene rings is 2. The van der Waals surface area contributed by atoms with Gasteiger partial charge in [-0.15, -0.1) is 0 Å². The lowest BCUT2D eigenvalue weighted by atomic mass is 10.1. The zero-order valence-electron chi connectivity index (χ0n) is 14.6. The molecule has 6 nitrogen and oxygen atoms in total. The quantitative estimate of drug-likeness (QED) is 0.783. The Morgan fingerprint density at radius 2 is 1.84 bits per heavy atom. The van der Waals surface area contributed by atoms with Crippen LogP contribution in [0.25, 0.3) is 0 Å². The van der Waals surface area contributed by atoms with Crippen molar-refractivity contribution in [2.45, 2.75) is 6.54 Å². The molecule has 132 valence electrons. The van der Waals surface area contributed by atoms with Crippen molar-refractivity contribution in [1.29, 1.82) is 0 Å². The molecule has 1 amide bonds. The Morgan fingerprint density at radius 1 is 1.08 bits per heavy atom. The van der Waals surface area contributed by atoms with Crippen LogP contribution < -0.4 is 10.1 Å². The van der Waals surface area contributed by atoms with E-state index in [2.05, 4.69) is 5.32 Å². The zero-order chi connectivity index (χ0) is 18.2. The van der Waals surface area contributed by atoms with Crippen LogP contribution in [-0.2, 0) is 16.1 Å². The standard InChI is InChI=1S/C19H22N2O4/c1-21(12-14-7-6-8-15(11-14)24-2)13-18(22)20-17-10-5-4-9-16(17)19(23)25-3/h4-11H,12-13H2,1-3H3,(H,20,22). The number of likely N-dealkylation sites (N-methyl/N-ethyl adjacent to an activating group) is 1. The molecular weight excluding hydrogens is 320 g/mol. The molecule has 0 saturated carbocycles. The van der Waals surface area contributed by atoms with Crippen LogP contribution in [0.3, 0.4) is 0 Å². The van der Waals surface area contributed by atoms with E-state index in [-0.39, 0.29) is 12.5 Å². The Bertz CT molecular complexity index is 746. The van der Waals surface area contributed by atoms with Crippen molar-refractivity contribution in [3.05, 3.63) is 59.7 Å². The van der Waals surface area contributed by atoms with Gasteiger partial charge in [-0.2, -0.15) is 0 Å². The summed E-state index contributed by atoms with van der Waals surface area (Å²) in [6.07, 6.45) is 0. The number of anilines is 1. The Labute approximate surface area is 147 Å². The summed E-state index contributed by atoms with van der Waals surface area (Å²) in [5.74, 6) is 0.0877. The number of carbonyl (C=O) groups excluding carboxylic acids is 2. The highest BCUT2D eigenvalue weighted by Gasteiger charge is 2.14. The zero-order valence-corrected chi connectivity index (χ0v) is 14.6. The van der Waals surface area contributed by atoms with Gasteiger partial charge >= 0.3 is 5.97 Å². The van der Waals surface area contributed by atoms with Gasteiger partial charge in [0.05, 0.1) is 32.0 Å². The summed E-state index contributed by atoms with van der Waals surface area (Å²) in [6.45, 7) is 0.788. The second-order valence-electron chi connectivity index (χ2n) is 5.61. The summed E-state index contributed by atoms with van der Waals surface area (Å²) in [5, 5.41) is 2.76. The van der Waals surface area contributed by atoms with Gasteiger partial charge in [-0.3, -0.25) is 9.69 Å². The van der Waals surface area contributed by atoms with E-state index >= 15 is 0 Å². The lowest BCUT2D eigenvalue weighted by Gasteiger charge is -2.17. The molecule has 0 aliphatic carbocycles. The first-order valence-electron chi connectivity index (χ1n) is 7.82. The first kappa shape index (κ1) is 18.5. The van der Waals surface area contributed by atoms with Crippen LogP contribution in [0.5, 0.6) is 5.75 Å². The second kappa shape index (κ2) is 8.84. The average Bonchev–Trinajstić information content (AvgIpc) is 2.61. The largest absolute Gasteiger partial charge is 0.497 e. The van der Waals surface area contributed by atoms with Gasteiger partial charge in [0.15, 0.2) is 0 Å². The second-order valence-corrected chi connectivity index (χ2v) is 5.61. The molecule has 0 heterocycles. The molecule has 0 aliphatic rings. The molecule has 0 fully saturated rings. The number of nitrogens with one attached hydrogen (secondary N) is 1. The number of rotatable bonds is 7. The molecule has 0 atom stereocenters. The number of hydrogen-bond donors (Lipinski definition) is 1. The third-order valence-electron chi connectivity index (χ3n) is 3.61. The van der Waals surface area contributed by atoms with Gasteiger partial charge < -0.3 is 14.8 Å². The maximum absolute atomic E-state index is 12.3. The Kier molecular flexibility index (Phi) is 6.54. The van der Waals surface area contributed by atoms with Gasteiger partial charge in [-0.05, 0) is 36.9 Å². The highest BCUT2D eigenvalue weighted by molar-refractivity contribution is 6.01. The molecule has 2 aromatic rings. The minimum Gasteiger partial charge on any atom is -0.497 e. The van der Waals surface area contributed by atoms with Gasteiger partial charge in [0.25, 0.3) is 0 Å². The molecule has 2 rings (SSSR count). The van der Waals surface area contributed by atoms with Crippen molar-refractivity contribution in [2.75, 3.05) is 33.1 Å². The summed E-state index contributed by atoms with van der Waals surface area (Å²) in [5.41, 5.74) is 1.81. The molecule has 1 N–H and O–H groups in total. The number of hydrogen-bond acceptors (Lipinski definition) is 5. The lowest BCUT2D eigenvalue weighted by molar-refractivity contribution is -0.117. The predicted molar refractivity (Wildman–Crippen MR) is 95.7 cm³/mol. The maximum atomic E-state index is 12.3. The minimum absolute atomic E-state index is 0.187. The molecule has 0 saturated heterocycles. The van der Waals surface area contributed by atoms with E-state index in [1.165, 1.54) is 7.11 Å². The van der Waals surface area contributed by atoms with E-state index in [4.69, 9.17) is 9.47 Å². The first-order chi connectivity index (χ1) is 12.0. The van der Waals surface area contributed by atoms with Gasteiger partial charge in [-0.25, -0.2) is 4.79 Å². The summed E-state index contributed by atoms with van der Waals surface area (Å²) < 4.78 is 9.93. The minimum atomic E-state index is -0.486. The summed E-state index contributed by atoms with van der Waals surface area (Å²) in [4.78, 5) is 25.9. The Morgan fingerprint density at radius 3 is 2.56 bits per heavy atom. The highest BCUT2D eigenvalue weighted by atomic mass is 16.5. The third-order valence-corrected chi connectivity index (χ3v) is 3.61. The van der Waals surface area contributed by atoms with E-state index in [0.717, 1.165) is 11.3 Å². The maximum Gasteiger partial charge on any atom is 0.339 e. The number of nitrogens with zero attached hydrogens (tertiary/aromatic N) is 1. The van der Waals surface area contributed by atoms with E-state index in [1.807, 2.05) is 36.2 Å². The average molecular weight is 342 g/mol. The number of carbonyl (C=O) groups is 2. The molecule has 0 spiro atoms. The number of methoxy groups -OCH3 is 2. The van der Waals surface area contributed by atoms with Crippen LogP contribution in [0.1, 0.15) is 15.9 Å². The summed E-state index contributed by atoms with van der Waals surface area (Å²) >= 11 is 0. The van der Waals surface area contributed by atoms with Crippen molar-refractivity contribution in [2.24, 2.45) is 0 Å². The molecule has 6 heteroatoms. The normalized spacial score (nSPS) is 10.4. The molecular formula is C19H22N2O4. The van der Waals surface area contributed by atoms with Crippen molar-refractivity contribution < 1.29 is 19.1 Å². The number of amides is 1. The Hall–Kier alpha value is -2.86. The fourth-order valence-corrected chi connectivity index (χ4v) is 2.45. The van der Waals surface area contributed by atoms with Crippen LogP contribution in [0.2, 0.25) is 0 Å². The van der Waals surface area contributed by atoms with E-state index < -0.39 is 5.97 Å². The number of para-hydroxylation sites is 1. The summed E-state index contributed by atoms with van der Waals surface area (Å²) in [6, 6.07) is 14.4. The van der Waals surface area contributed by atoms with Gasteiger partial charge in [0, 0.05) is 6.54 Å². The van der Waals surface area contributed by atoms with Crippen molar-refractivity contribution in [3.8, 4) is 5.75 Å².